The van der Waals surface area contributed by atoms with Crippen LogP contribution >= 0.6 is 23.1 Å². The lowest BCUT2D eigenvalue weighted by Crippen LogP contribution is -2.21. The van der Waals surface area contributed by atoms with E-state index in [-0.39, 0.29) is 11.5 Å². The van der Waals surface area contributed by atoms with E-state index in [0.717, 1.165) is 24.0 Å². The van der Waals surface area contributed by atoms with Crippen LogP contribution in [0.15, 0.2) is 62.6 Å². The van der Waals surface area contributed by atoms with Crippen molar-refractivity contribution in [1.82, 2.24) is 0 Å². The lowest BCUT2D eigenvalue weighted by molar-refractivity contribution is -0.113. The Kier molecular flexibility index (Phi) is 11.2. The zero-order chi connectivity index (χ0) is 28.0. The molecule has 0 unspecified atom stereocenters. The van der Waals surface area contributed by atoms with Crippen molar-refractivity contribution >= 4 is 35.0 Å². The summed E-state index contributed by atoms with van der Waals surface area (Å²) in [6, 6.07) is 4.37. The van der Waals surface area contributed by atoms with Gasteiger partial charge in [0.25, 0.3) is 0 Å². The first kappa shape index (κ1) is 30.6. The molecule has 38 heavy (non-hydrogen) atoms. The van der Waals surface area contributed by atoms with Crippen molar-refractivity contribution in [2.45, 2.75) is 99.8 Å². The summed E-state index contributed by atoms with van der Waals surface area (Å²) in [5.74, 6) is 2.32. The second kappa shape index (κ2) is 13.9. The van der Waals surface area contributed by atoms with Gasteiger partial charge < -0.3 is 5.11 Å². The maximum absolute atomic E-state index is 13.2. The van der Waals surface area contributed by atoms with Gasteiger partial charge in [-0.25, -0.2) is 0 Å². The van der Waals surface area contributed by atoms with Gasteiger partial charge in [0.05, 0.1) is 11.1 Å². The zero-order valence-electron chi connectivity index (χ0n) is 24.7. The molecular weight excluding hydrogens is 505 g/mol. The standard InChI is InChI=1S/C34H46O2S2/c1-21(2)11-9-13-27-15-25(19-31(37-27)23(5)6)17-29-33(35)30(34(29)36)18-26-16-28(14-10-12-22(3)4)38-32(20-26)24(7)8/h15-24H,9-14H2,1-8H3/p+1. The van der Waals surface area contributed by atoms with Gasteiger partial charge in [0.15, 0.2) is 0 Å². The van der Waals surface area contributed by atoms with Gasteiger partial charge in [0, 0.05) is 24.5 Å². The van der Waals surface area contributed by atoms with E-state index >= 15 is 0 Å². The van der Waals surface area contributed by atoms with Crippen LogP contribution in [0, 0.1) is 17.8 Å². The molecule has 0 amide bonds. The number of allylic oxidation sites excluding steroid dienone is 8. The summed E-state index contributed by atoms with van der Waals surface area (Å²) in [5, 5.41) is 10.9. The third-order valence-electron chi connectivity index (χ3n) is 6.94. The number of carbonyl (C=O) groups excluding carboxylic acids is 1. The molecule has 2 nitrogen and oxygen atoms in total. The van der Waals surface area contributed by atoms with E-state index < -0.39 is 0 Å². The summed E-state index contributed by atoms with van der Waals surface area (Å²) >= 11 is 3.74. The first-order valence-electron chi connectivity index (χ1n) is 14.4. The Morgan fingerprint density at radius 3 is 2.11 bits per heavy atom. The maximum atomic E-state index is 13.2. The molecule has 4 heteroatoms. The van der Waals surface area contributed by atoms with Crippen molar-refractivity contribution in [3.8, 4) is 0 Å². The van der Waals surface area contributed by atoms with Gasteiger partial charge >= 0.3 is 0 Å². The van der Waals surface area contributed by atoms with Crippen molar-refractivity contribution in [2.24, 2.45) is 17.8 Å². The minimum Gasteiger partial charge on any atom is -0.506 e. The lowest BCUT2D eigenvalue weighted by Gasteiger charge is -2.22. The molecular formula is C34H47O2S2+. The van der Waals surface area contributed by atoms with E-state index in [9.17, 15) is 9.90 Å². The minimum atomic E-state index is -0.0672. The van der Waals surface area contributed by atoms with Crippen LogP contribution in [0.25, 0.3) is 6.08 Å². The van der Waals surface area contributed by atoms with E-state index in [4.69, 9.17) is 0 Å². The average Bonchev–Trinajstić information content (AvgIpc) is 2.85. The highest BCUT2D eigenvalue weighted by molar-refractivity contribution is 8.06. The predicted molar refractivity (Wildman–Crippen MR) is 169 cm³/mol. The summed E-state index contributed by atoms with van der Waals surface area (Å²) in [6.07, 6.45) is 15.0. The predicted octanol–water partition coefficient (Wildman–Crippen LogP) is 10.8. The number of carbonyl (C=O) groups is 1. The monoisotopic (exact) mass is 551 g/mol. The molecule has 1 aliphatic carbocycles. The number of rotatable bonds is 12. The number of hydrogen-bond donors (Lipinski definition) is 1. The number of aryl methyl sites for hydroxylation is 1. The number of Topliss-reactive ketones (excluding diaryl/α,β-unsaturated/α-hetero) is 1. The van der Waals surface area contributed by atoms with Crippen molar-refractivity contribution in [3.05, 3.63) is 78.0 Å². The summed E-state index contributed by atoms with van der Waals surface area (Å²) in [5.41, 5.74) is 2.87. The average molecular weight is 552 g/mol. The van der Waals surface area contributed by atoms with E-state index in [2.05, 4.69) is 79.7 Å². The second-order valence-electron chi connectivity index (χ2n) is 12.2. The molecule has 0 spiro atoms. The summed E-state index contributed by atoms with van der Waals surface area (Å²) in [4.78, 5) is 18.5. The van der Waals surface area contributed by atoms with Crippen LogP contribution in [-0.2, 0) is 11.2 Å². The Labute approximate surface area is 239 Å². The molecule has 0 aromatic carbocycles. The van der Waals surface area contributed by atoms with Crippen molar-refractivity contribution in [3.63, 3.8) is 0 Å². The Hall–Kier alpha value is -1.91. The fourth-order valence-electron chi connectivity index (χ4n) is 4.60. The molecule has 0 radical (unpaired) electrons. The Morgan fingerprint density at radius 1 is 0.868 bits per heavy atom. The maximum Gasteiger partial charge on any atom is 0.218 e. The van der Waals surface area contributed by atoms with Gasteiger partial charge in [0.1, 0.15) is 5.76 Å². The first-order chi connectivity index (χ1) is 17.9. The fourth-order valence-corrected chi connectivity index (χ4v) is 6.95. The molecule has 2 heterocycles. The molecule has 0 fully saturated rings. The number of ketones is 1. The minimum absolute atomic E-state index is 0.0672. The topological polar surface area (TPSA) is 37.3 Å². The second-order valence-corrected chi connectivity index (χ2v) is 14.6. The van der Waals surface area contributed by atoms with Crippen LogP contribution in [0.4, 0.5) is 0 Å². The van der Waals surface area contributed by atoms with Gasteiger partial charge in [-0.15, -0.1) is 0 Å². The Bertz CT molecular complexity index is 1170. The van der Waals surface area contributed by atoms with E-state index in [1.165, 1.54) is 45.2 Å². The molecule has 2 aliphatic rings. The van der Waals surface area contributed by atoms with E-state index in [0.29, 0.717) is 34.8 Å². The van der Waals surface area contributed by atoms with Gasteiger partial charge in [-0.2, -0.15) is 0 Å². The SMILES string of the molecule is CC(C)CCCC1=CC(=CC2=C(O)C(=Cc3cc(CCCC(C)C)[s+]c(C(C)C)c3)C2=O)C=C(C(C)C)S1. The highest BCUT2D eigenvalue weighted by Gasteiger charge is 2.33. The number of aliphatic hydroxyl groups is 1. The number of thioether (sulfide) groups is 1. The Balaban J connectivity index is 1.87. The van der Waals surface area contributed by atoms with Crippen LogP contribution in [0.1, 0.15) is 109 Å². The molecule has 0 atom stereocenters. The number of hydrogen-bond acceptors (Lipinski definition) is 3. The van der Waals surface area contributed by atoms with Gasteiger partial charge in [-0.3, -0.25) is 4.79 Å². The van der Waals surface area contributed by atoms with Crippen LogP contribution in [0.3, 0.4) is 0 Å². The lowest BCUT2D eigenvalue weighted by atomic mass is 9.85. The molecule has 1 N–H and O–H groups in total. The van der Waals surface area contributed by atoms with Crippen LogP contribution in [0.2, 0.25) is 0 Å². The molecule has 3 rings (SSSR count). The largest absolute Gasteiger partial charge is 0.506 e. The Morgan fingerprint density at radius 2 is 1.53 bits per heavy atom. The van der Waals surface area contributed by atoms with Crippen molar-refractivity contribution in [1.29, 1.82) is 0 Å². The van der Waals surface area contributed by atoms with Crippen molar-refractivity contribution in [2.75, 3.05) is 0 Å². The third kappa shape index (κ3) is 8.55. The smallest absolute Gasteiger partial charge is 0.218 e. The molecule has 1 aliphatic heterocycles. The normalized spacial score (nSPS) is 18.4. The third-order valence-corrected chi connectivity index (χ3v) is 9.76. The summed E-state index contributed by atoms with van der Waals surface area (Å²) < 4.78 is 0. The molecule has 1 aromatic heterocycles. The first-order valence-corrected chi connectivity index (χ1v) is 16.1. The summed E-state index contributed by atoms with van der Waals surface area (Å²) in [7, 11) is 0. The number of aliphatic hydroxyl groups excluding tert-OH is 1. The van der Waals surface area contributed by atoms with Crippen LogP contribution in [0.5, 0.6) is 0 Å². The highest BCUT2D eigenvalue weighted by atomic mass is 32.2. The molecule has 0 saturated heterocycles. The van der Waals surface area contributed by atoms with Gasteiger partial charge in [0.2, 0.25) is 26.9 Å². The summed E-state index contributed by atoms with van der Waals surface area (Å²) in [6.45, 7) is 17.9. The van der Waals surface area contributed by atoms with Gasteiger partial charge in [-0.05, 0) is 82.3 Å². The van der Waals surface area contributed by atoms with Crippen LogP contribution in [-0.4, -0.2) is 10.9 Å². The van der Waals surface area contributed by atoms with E-state index in [1.54, 1.807) is 0 Å². The molecule has 0 saturated carbocycles. The fraction of sp³-hybridized carbons (Fsp3) is 0.529. The van der Waals surface area contributed by atoms with Gasteiger partial charge in [-0.1, -0.05) is 80.0 Å². The molecule has 0 bridgehead atoms. The molecule has 1 aromatic rings. The van der Waals surface area contributed by atoms with E-state index in [1.807, 2.05) is 35.3 Å². The quantitative estimate of drug-likeness (QED) is 0.207. The molecule has 206 valence electrons. The van der Waals surface area contributed by atoms with Crippen molar-refractivity contribution < 1.29 is 9.90 Å². The highest BCUT2D eigenvalue weighted by Crippen LogP contribution is 2.41. The van der Waals surface area contributed by atoms with Crippen LogP contribution < -0.4 is 0 Å². The zero-order valence-corrected chi connectivity index (χ0v) is 26.3.